The second-order valence-electron chi connectivity index (χ2n) is 3.96. The number of aromatic nitrogens is 2. The third-order valence-electron chi connectivity index (χ3n) is 2.57. The molecular formula is C11H10ClN3OS. The Labute approximate surface area is 107 Å². The number of amides is 1. The summed E-state index contributed by atoms with van der Waals surface area (Å²) in [7, 11) is 0. The summed E-state index contributed by atoms with van der Waals surface area (Å²) in [5.41, 5.74) is 0.744. The average Bonchev–Trinajstić information content (AvgIpc) is 2.88. The van der Waals surface area contributed by atoms with Crippen molar-refractivity contribution in [2.75, 3.05) is 0 Å². The van der Waals surface area contributed by atoms with E-state index in [-0.39, 0.29) is 5.91 Å². The first-order valence-electron chi connectivity index (χ1n) is 5.33. The van der Waals surface area contributed by atoms with Crippen LogP contribution < -0.4 is 5.32 Å². The van der Waals surface area contributed by atoms with Crippen LogP contribution in [0, 0.1) is 0 Å². The smallest absolute Gasteiger partial charge is 0.244 e. The molecule has 4 nitrogen and oxygen atoms in total. The van der Waals surface area contributed by atoms with Gasteiger partial charge >= 0.3 is 0 Å². The quantitative estimate of drug-likeness (QED) is 0.868. The highest BCUT2D eigenvalue weighted by atomic mass is 35.5. The molecule has 0 aromatic carbocycles. The normalized spacial score (nSPS) is 15.8. The lowest BCUT2D eigenvalue weighted by Crippen LogP contribution is -2.22. The minimum absolute atomic E-state index is 0.0752. The van der Waals surface area contributed by atoms with Gasteiger partial charge in [-0.15, -0.1) is 11.3 Å². The van der Waals surface area contributed by atoms with Gasteiger partial charge in [0.25, 0.3) is 0 Å². The van der Waals surface area contributed by atoms with Gasteiger partial charge in [-0.25, -0.2) is 4.98 Å². The number of hydrogen-bond acceptors (Lipinski definition) is 3. The van der Waals surface area contributed by atoms with E-state index in [1.165, 1.54) is 17.4 Å². The van der Waals surface area contributed by atoms with Crippen LogP contribution in [0.25, 0.3) is 11.0 Å². The Balaban J connectivity index is 1.82. The van der Waals surface area contributed by atoms with Crippen LogP contribution in [0.2, 0.25) is 5.15 Å². The van der Waals surface area contributed by atoms with Crippen LogP contribution in [-0.2, 0) is 4.79 Å². The van der Waals surface area contributed by atoms with E-state index in [2.05, 4.69) is 10.3 Å². The predicted octanol–water partition coefficient (Wildman–Crippen LogP) is 2.34. The largest absolute Gasteiger partial charge is 0.350 e. The van der Waals surface area contributed by atoms with Gasteiger partial charge in [0.05, 0.1) is 5.69 Å². The Morgan fingerprint density at radius 2 is 2.47 bits per heavy atom. The molecule has 0 spiro atoms. The lowest BCUT2D eigenvalue weighted by atomic mass is 10.4. The molecule has 1 amide bonds. The zero-order valence-electron chi connectivity index (χ0n) is 8.89. The molecule has 17 heavy (non-hydrogen) atoms. The van der Waals surface area contributed by atoms with Gasteiger partial charge in [-0.1, -0.05) is 11.6 Å². The van der Waals surface area contributed by atoms with E-state index >= 15 is 0 Å². The zero-order valence-corrected chi connectivity index (χ0v) is 10.5. The van der Waals surface area contributed by atoms with Gasteiger partial charge in [0.1, 0.15) is 0 Å². The fraction of sp³-hybridized carbons (Fsp3) is 0.273. The number of nitrogens with one attached hydrogen (secondary N) is 1. The fourth-order valence-corrected chi connectivity index (χ4v) is 2.56. The lowest BCUT2D eigenvalue weighted by molar-refractivity contribution is -0.116. The highest BCUT2D eigenvalue weighted by molar-refractivity contribution is 7.15. The topological polar surface area (TPSA) is 46.4 Å². The molecule has 0 bridgehead atoms. The standard InChI is InChI=1S/C11H10ClN3OS/c12-10-8(15-5-6-17-11(15)14-10)3-4-9(16)13-7-1-2-7/h3-7H,1-2H2,(H,13,16)/b4-3+. The zero-order chi connectivity index (χ0) is 11.8. The van der Waals surface area contributed by atoms with Gasteiger partial charge in [0.2, 0.25) is 5.91 Å². The van der Waals surface area contributed by atoms with Crippen molar-refractivity contribution in [3.8, 4) is 0 Å². The number of halogens is 1. The van der Waals surface area contributed by atoms with E-state index in [9.17, 15) is 4.79 Å². The second-order valence-corrected chi connectivity index (χ2v) is 5.19. The van der Waals surface area contributed by atoms with E-state index in [0.717, 1.165) is 23.5 Å². The number of rotatable bonds is 3. The van der Waals surface area contributed by atoms with Gasteiger partial charge < -0.3 is 5.32 Å². The monoisotopic (exact) mass is 267 g/mol. The molecule has 1 saturated carbocycles. The number of imidazole rings is 1. The predicted molar refractivity (Wildman–Crippen MR) is 68.3 cm³/mol. The molecule has 0 saturated heterocycles. The van der Waals surface area contributed by atoms with Crippen molar-refractivity contribution < 1.29 is 4.79 Å². The number of carbonyl (C=O) groups excluding carboxylic acids is 1. The molecule has 6 heteroatoms. The van der Waals surface area contributed by atoms with Gasteiger partial charge in [-0.05, 0) is 18.9 Å². The minimum Gasteiger partial charge on any atom is -0.350 e. The SMILES string of the molecule is O=C(/C=C/c1c(Cl)nc2sccn12)NC1CC1. The summed E-state index contributed by atoms with van der Waals surface area (Å²) in [6.45, 7) is 0. The molecular weight excluding hydrogens is 258 g/mol. The minimum atomic E-state index is -0.0752. The van der Waals surface area contributed by atoms with Crippen LogP contribution in [0.5, 0.6) is 0 Å². The Morgan fingerprint density at radius 3 is 3.24 bits per heavy atom. The highest BCUT2D eigenvalue weighted by Crippen LogP contribution is 2.22. The molecule has 0 radical (unpaired) electrons. The van der Waals surface area contributed by atoms with Crippen LogP contribution in [0.15, 0.2) is 17.7 Å². The van der Waals surface area contributed by atoms with Crippen molar-refractivity contribution in [2.45, 2.75) is 18.9 Å². The van der Waals surface area contributed by atoms with E-state index in [1.807, 2.05) is 16.0 Å². The summed E-state index contributed by atoms with van der Waals surface area (Å²) in [5, 5.41) is 5.24. The molecule has 2 heterocycles. The summed E-state index contributed by atoms with van der Waals surface area (Å²) in [6.07, 6.45) is 7.26. The van der Waals surface area contributed by atoms with Gasteiger partial charge in [0, 0.05) is 23.7 Å². The van der Waals surface area contributed by atoms with Crippen molar-refractivity contribution in [2.24, 2.45) is 0 Å². The van der Waals surface area contributed by atoms with Crippen LogP contribution in [0.4, 0.5) is 0 Å². The van der Waals surface area contributed by atoms with E-state index in [1.54, 1.807) is 6.08 Å². The van der Waals surface area contributed by atoms with Gasteiger partial charge in [-0.2, -0.15) is 0 Å². The Bertz CT molecular complexity index is 597. The molecule has 0 aliphatic heterocycles. The van der Waals surface area contributed by atoms with Gasteiger partial charge in [0.15, 0.2) is 10.1 Å². The molecule has 2 aromatic rings. The molecule has 2 aromatic heterocycles. The number of fused-ring (bicyclic) bond motifs is 1. The molecule has 0 unspecified atom stereocenters. The second kappa shape index (κ2) is 4.16. The van der Waals surface area contributed by atoms with Crippen LogP contribution in [-0.4, -0.2) is 21.3 Å². The molecule has 1 N–H and O–H groups in total. The Kier molecular flexibility index (Phi) is 2.64. The van der Waals surface area contributed by atoms with Gasteiger partial charge in [-0.3, -0.25) is 9.20 Å². The Morgan fingerprint density at radius 1 is 1.65 bits per heavy atom. The number of carbonyl (C=O) groups is 1. The molecule has 1 fully saturated rings. The van der Waals surface area contributed by atoms with Crippen molar-refractivity contribution in [1.29, 1.82) is 0 Å². The third kappa shape index (κ3) is 2.21. The van der Waals surface area contributed by atoms with Crippen molar-refractivity contribution in [3.05, 3.63) is 28.5 Å². The summed E-state index contributed by atoms with van der Waals surface area (Å²) >= 11 is 7.51. The highest BCUT2D eigenvalue weighted by Gasteiger charge is 2.22. The van der Waals surface area contributed by atoms with E-state index in [4.69, 9.17) is 11.6 Å². The lowest BCUT2D eigenvalue weighted by Gasteiger charge is -1.96. The van der Waals surface area contributed by atoms with Crippen LogP contribution >= 0.6 is 22.9 Å². The Hall–Kier alpha value is -1.33. The number of hydrogen-bond donors (Lipinski definition) is 1. The first-order valence-corrected chi connectivity index (χ1v) is 6.59. The summed E-state index contributed by atoms with van der Waals surface area (Å²) in [5.74, 6) is -0.0752. The fourth-order valence-electron chi connectivity index (χ4n) is 1.56. The maximum absolute atomic E-state index is 11.5. The van der Waals surface area contributed by atoms with Crippen LogP contribution in [0.1, 0.15) is 18.5 Å². The van der Waals surface area contributed by atoms with Crippen LogP contribution in [0.3, 0.4) is 0 Å². The maximum Gasteiger partial charge on any atom is 0.244 e. The molecule has 1 aliphatic rings. The molecule has 3 rings (SSSR count). The van der Waals surface area contributed by atoms with Crippen molar-refractivity contribution >= 4 is 39.9 Å². The first-order chi connectivity index (χ1) is 8.24. The van der Waals surface area contributed by atoms with Crippen molar-refractivity contribution in [1.82, 2.24) is 14.7 Å². The summed E-state index contributed by atoms with van der Waals surface area (Å²) < 4.78 is 1.87. The van der Waals surface area contributed by atoms with E-state index in [0.29, 0.717) is 11.2 Å². The number of nitrogens with zero attached hydrogens (tertiary/aromatic N) is 2. The summed E-state index contributed by atoms with van der Waals surface area (Å²) in [6, 6.07) is 0.370. The number of thiazole rings is 1. The molecule has 88 valence electrons. The molecule has 1 aliphatic carbocycles. The third-order valence-corrected chi connectivity index (χ3v) is 3.61. The summed E-state index contributed by atoms with van der Waals surface area (Å²) in [4.78, 5) is 16.5. The van der Waals surface area contributed by atoms with E-state index < -0.39 is 0 Å². The first kappa shape index (κ1) is 10.8. The molecule has 0 atom stereocenters. The average molecular weight is 268 g/mol. The van der Waals surface area contributed by atoms with Crippen molar-refractivity contribution in [3.63, 3.8) is 0 Å². The maximum atomic E-state index is 11.5.